The number of carbonyl (C=O) groups excluding carboxylic acids is 1. The van der Waals surface area contributed by atoms with Crippen molar-refractivity contribution in [2.24, 2.45) is 0 Å². The normalized spacial score (nSPS) is 14.5. The Kier molecular flexibility index (Phi) is 4.81. The van der Waals surface area contributed by atoms with Crippen molar-refractivity contribution in [3.05, 3.63) is 47.4 Å². The Balaban J connectivity index is 1.39. The molecule has 0 aliphatic carbocycles. The van der Waals surface area contributed by atoms with E-state index in [1.54, 1.807) is 30.9 Å². The van der Waals surface area contributed by atoms with Crippen molar-refractivity contribution in [1.82, 2.24) is 20.1 Å². The minimum Gasteiger partial charge on any atom is -0.441 e. The fraction of sp³-hybridized carbons (Fsp3) is 0.368. The van der Waals surface area contributed by atoms with Gasteiger partial charge in [-0.05, 0) is 25.1 Å². The minimum atomic E-state index is -0.361. The van der Waals surface area contributed by atoms with Gasteiger partial charge in [-0.15, -0.1) is 5.10 Å². The van der Waals surface area contributed by atoms with E-state index in [2.05, 4.69) is 15.2 Å². The Hall–Kier alpha value is -3.23. The number of carbonyl (C=O) groups is 1. The third-order valence-corrected chi connectivity index (χ3v) is 4.70. The highest BCUT2D eigenvalue weighted by Gasteiger charge is 2.25. The molecule has 0 saturated carbocycles. The molecule has 1 amide bonds. The van der Waals surface area contributed by atoms with Crippen LogP contribution in [0.15, 0.2) is 33.1 Å². The molecule has 146 valence electrons. The van der Waals surface area contributed by atoms with Crippen molar-refractivity contribution in [2.45, 2.75) is 20.3 Å². The number of oxazole rings is 1. The van der Waals surface area contributed by atoms with Crippen molar-refractivity contribution in [2.75, 3.05) is 31.1 Å². The fourth-order valence-electron chi connectivity index (χ4n) is 3.15. The first kappa shape index (κ1) is 18.1. The van der Waals surface area contributed by atoms with Crippen LogP contribution in [-0.4, -0.2) is 52.2 Å². The van der Waals surface area contributed by atoms with Crippen molar-refractivity contribution in [3.8, 4) is 11.5 Å². The fourth-order valence-corrected chi connectivity index (χ4v) is 3.15. The summed E-state index contributed by atoms with van der Waals surface area (Å²) in [6.45, 7) is 5.88. The van der Waals surface area contributed by atoms with Crippen LogP contribution in [0, 0.1) is 19.7 Å². The molecule has 1 fully saturated rings. The predicted octanol–water partition coefficient (Wildman–Crippen LogP) is 2.37. The van der Waals surface area contributed by atoms with Crippen LogP contribution in [0.4, 0.5) is 10.4 Å². The number of amides is 1. The third-order valence-electron chi connectivity index (χ3n) is 4.70. The first-order valence-corrected chi connectivity index (χ1v) is 9.04. The van der Waals surface area contributed by atoms with E-state index in [4.69, 9.17) is 8.83 Å². The molecule has 0 spiro atoms. The van der Waals surface area contributed by atoms with Crippen LogP contribution >= 0.6 is 0 Å². The van der Waals surface area contributed by atoms with Gasteiger partial charge in [0.25, 0.3) is 0 Å². The van der Waals surface area contributed by atoms with Crippen LogP contribution in [0.1, 0.15) is 17.3 Å². The molecule has 0 unspecified atom stereocenters. The highest BCUT2D eigenvalue weighted by atomic mass is 19.1. The Morgan fingerprint density at radius 3 is 2.61 bits per heavy atom. The van der Waals surface area contributed by atoms with Gasteiger partial charge in [0, 0.05) is 38.7 Å². The summed E-state index contributed by atoms with van der Waals surface area (Å²) in [5.74, 6) is 1.01. The van der Waals surface area contributed by atoms with Crippen LogP contribution in [-0.2, 0) is 11.2 Å². The summed E-state index contributed by atoms with van der Waals surface area (Å²) in [4.78, 5) is 20.8. The second-order valence-electron chi connectivity index (χ2n) is 6.68. The van der Waals surface area contributed by atoms with E-state index in [0.29, 0.717) is 61.0 Å². The largest absolute Gasteiger partial charge is 0.441 e. The lowest BCUT2D eigenvalue weighted by molar-refractivity contribution is -0.130. The Morgan fingerprint density at radius 2 is 1.93 bits per heavy atom. The number of aromatic nitrogens is 3. The van der Waals surface area contributed by atoms with Gasteiger partial charge in [0.2, 0.25) is 17.7 Å². The molecule has 0 radical (unpaired) electrons. The molecular weight excluding hydrogens is 365 g/mol. The van der Waals surface area contributed by atoms with E-state index in [1.807, 2.05) is 4.90 Å². The number of nitrogens with zero attached hydrogens (tertiary/aromatic N) is 5. The smallest absolute Gasteiger partial charge is 0.318 e. The van der Waals surface area contributed by atoms with Crippen molar-refractivity contribution in [3.63, 3.8) is 0 Å². The van der Waals surface area contributed by atoms with E-state index in [-0.39, 0.29) is 18.1 Å². The second-order valence-corrected chi connectivity index (χ2v) is 6.68. The number of hydrogen-bond acceptors (Lipinski definition) is 7. The van der Waals surface area contributed by atoms with Gasteiger partial charge in [-0.1, -0.05) is 11.2 Å². The third kappa shape index (κ3) is 3.73. The molecule has 4 rings (SSSR count). The van der Waals surface area contributed by atoms with Crippen molar-refractivity contribution >= 4 is 11.9 Å². The summed E-state index contributed by atoms with van der Waals surface area (Å²) in [5, 5.41) is 7.85. The maximum absolute atomic E-state index is 13.4. The number of piperazine rings is 1. The summed E-state index contributed by atoms with van der Waals surface area (Å²) in [6, 6.07) is 6.52. The monoisotopic (exact) mass is 385 g/mol. The van der Waals surface area contributed by atoms with Crippen LogP contribution in [0.5, 0.6) is 0 Å². The molecule has 3 aromatic rings. The number of rotatable bonds is 4. The average Bonchev–Trinajstić information content (AvgIpc) is 3.28. The molecule has 0 N–H and O–H groups in total. The lowest BCUT2D eigenvalue weighted by Gasteiger charge is -2.33. The van der Waals surface area contributed by atoms with Crippen LogP contribution < -0.4 is 4.90 Å². The first-order valence-electron chi connectivity index (χ1n) is 9.04. The highest BCUT2D eigenvalue weighted by Crippen LogP contribution is 2.23. The standard InChI is InChI=1S/C19H20FN5O3/c1-12-16(21-18(27-12)14-4-3-5-15(20)10-14)11-17(26)24-6-8-25(9-7-24)19-23-22-13(2)28-19/h3-5,10H,6-9,11H2,1-2H3. The van der Waals surface area contributed by atoms with Gasteiger partial charge in [-0.25, -0.2) is 9.37 Å². The predicted molar refractivity (Wildman–Crippen MR) is 98.2 cm³/mol. The first-order chi connectivity index (χ1) is 13.5. The van der Waals surface area contributed by atoms with E-state index in [9.17, 15) is 9.18 Å². The number of hydrogen-bond donors (Lipinski definition) is 0. The lowest BCUT2D eigenvalue weighted by Crippen LogP contribution is -2.49. The Labute approximate surface area is 161 Å². The van der Waals surface area contributed by atoms with Crippen LogP contribution in [0.25, 0.3) is 11.5 Å². The minimum absolute atomic E-state index is 0.0245. The van der Waals surface area contributed by atoms with Gasteiger partial charge in [-0.2, -0.15) is 0 Å². The topological polar surface area (TPSA) is 88.5 Å². The van der Waals surface area contributed by atoms with Gasteiger partial charge in [0.05, 0.1) is 12.1 Å². The summed E-state index contributed by atoms with van der Waals surface area (Å²) < 4.78 is 24.5. The zero-order valence-corrected chi connectivity index (χ0v) is 15.7. The molecule has 0 atom stereocenters. The molecule has 1 aliphatic rings. The molecule has 1 aliphatic heterocycles. The quantitative estimate of drug-likeness (QED) is 0.681. The van der Waals surface area contributed by atoms with Gasteiger partial charge >= 0.3 is 6.01 Å². The van der Waals surface area contributed by atoms with E-state index >= 15 is 0 Å². The molecule has 9 heteroatoms. The molecule has 2 aromatic heterocycles. The van der Waals surface area contributed by atoms with E-state index in [1.165, 1.54) is 12.1 Å². The van der Waals surface area contributed by atoms with Crippen molar-refractivity contribution in [1.29, 1.82) is 0 Å². The average molecular weight is 385 g/mol. The summed E-state index contributed by atoms with van der Waals surface area (Å²) >= 11 is 0. The molecule has 28 heavy (non-hydrogen) atoms. The zero-order valence-electron chi connectivity index (χ0n) is 15.7. The van der Waals surface area contributed by atoms with Gasteiger partial charge in [-0.3, -0.25) is 4.79 Å². The molecular formula is C19H20FN5O3. The molecule has 1 saturated heterocycles. The van der Waals surface area contributed by atoms with Crippen molar-refractivity contribution < 1.29 is 18.0 Å². The van der Waals surface area contributed by atoms with Gasteiger partial charge in [0.15, 0.2) is 0 Å². The SMILES string of the molecule is Cc1nnc(N2CCN(C(=O)Cc3nc(-c4cccc(F)c4)oc3C)CC2)o1. The number of halogens is 1. The second kappa shape index (κ2) is 7.41. The molecule has 8 nitrogen and oxygen atoms in total. The van der Waals surface area contributed by atoms with Crippen LogP contribution in [0.2, 0.25) is 0 Å². The van der Waals surface area contributed by atoms with Gasteiger partial charge < -0.3 is 18.6 Å². The number of anilines is 1. The van der Waals surface area contributed by atoms with Gasteiger partial charge in [0.1, 0.15) is 11.6 Å². The zero-order chi connectivity index (χ0) is 19.7. The summed E-state index contributed by atoms with van der Waals surface area (Å²) in [5.41, 5.74) is 1.12. The molecule has 0 bridgehead atoms. The Bertz CT molecular complexity index is 991. The number of benzene rings is 1. The summed E-state index contributed by atoms with van der Waals surface area (Å²) in [6.07, 6.45) is 0.143. The molecule has 1 aromatic carbocycles. The maximum Gasteiger partial charge on any atom is 0.318 e. The Morgan fingerprint density at radius 1 is 1.14 bits per heavy atom. The van der Waals surface area contributed by atoms with E-state index in [0.717, 1.165) is 0 Å². The number of aryl methyl sites for hydroxylation is 2. The lowest BCUT2D eigenvalue weighted by atomic mass is 10.2. The molecule has 3 heterocycles. The maximum atomic E-state index is 13.4. The van der Waals surface area contributed by atoms with E-state index < -0.39 is 0 Å². The van der Waals surface area contributed by atoms with Crippen LogP contribution in [0.3, 0.4) is 0 Å². The highest BCUT2D eigenvalue weighted by molar-refractivity contribution is 5.79. The summed E-state index contributed by atoms with van der Waals surface area (Å²) in [7, 11) is 0.